The fraction of sp³-hybridized carbons (Fsp3) is 0.533. The molecule has 0 radical (unpaired) electrons. The van der Waals surface area contributed by atoms with Crippen molar-refractivity contribution in [2.75, 3.05) is 6.54 Å². The van der Waals surface area contributed by atoms with Gasteiger partial charge in [-0.15, -0.1) is 0 Å². The molecule has 1 N–H and O–H groups in total. The predicted molar refractivity (Wildman–Crippen MR) is 68.1 cm³/mol. The molecule has 2 aliphatic rings. The number of carbonyl (C=O) groups is 1. The van der Waals surface area contributed by atoms with Crippen LogP contribution in [0.1, 0.15) is 47.2 Å². The number of hydrogen-bond donors (Lipinski definition) is 1. The van der Waals surface area contributed by atoms with Gasteiger partial charge in [0.1, 0.15) is 0 Å². The molecule has 0 spiro atoms. The SMILES string of the molecule is O=C(CCC1CC1)c1cccc2c1CCNC2. The van der Waals surface area contributed by atoms with Crippen molar-refractivity contribution in [2.45, 2.75) is 38.6 Å². The average Bonchev–Trinajstić information content (AvgIpc) is 3.19. The monoisotopic (exact) mass is 229 g/mol. The first-order chi connectivity index (χ1) is 8.34. The molecule has 17 heavy (non-hydrogen) atoms. The predicted octanol–water partition coefficient (Wildman–Crippen LogP) is 2.71. The van der Waals surface area contributed by atoms with E-state index in [-0.39, 0.29) is 0 Å². The largest absolute Gasteiger partial charge is 0.312 e. The molecule has 1 aromatic rings. The number of benzene rings is 1. The van der Waals surface area contributed by atoms with Gasteiger partial charge < -0.3 is 5.32 Å². The van der Waals surface area contributed by atoms with Gasteiger partial charge in [-0.25, -0.2) is 0 Å². The number of hydrogen-bond acceptors (Lipinski definition) is 2. The van der Waals surface area contributed by atoms with Crippen LogP contribution < -0.4 is 5.32 Å². The van der Waals surface area contributed by atoms with Crippen molar-refractivity contribution in [3.8, 4) is 0 Å². The zero-order chi connectivity index (χ0) is 11.7. The molecule has 1 fully saturated rings. The van der Waals surface area contributed by atoms with Gasteiger partial charge in [-0.1, -0.05) is 31.0 Å². The first-order valence-corrected chi connectivity index (χ1v) is 6.69. The third kappa shape index (κ3) is 2.42. The van der Waals surface area contributed by atoms with Gasteiger partial charge in [0.25, 0.3) is 0 Å². The van der Waals surface area contributed by atoms with Gasteiger partial charge >= 0.3 is 0 Å². The first-order valence-electron chi connectivity index (χ1n) is 6.69. The zero-order valence-electron chi connectivity index (χ0n) is 10.2. The van der Waals surface area contributed by atoms with Gasteiger partial charge in [-0.2, -0.15) is 0 Å². The molecule has 1 aliphatic heterocycles. The zero-order valence-corrected chi connectivity index (χ0v) is 10.2. The third-order valence-electron chi connectivity index (χ3n) is 3.92. The van der Waals surface area contributed by atoms with Crippen molar-refractivity contribution in [1.29, 1.82) is 0 Å². The average molecular weight is 229 g/mol. The molecule has 2 nitrogen and oxygen atoms in total. The third-order valence-corrected chi connectivity index (χ3v) is 3.92. The maximum Gasteiger partial charge on any atom is 0.163 e. The molecule has 0 amide bonds. The van der Waals surface area contributed by atoms with E-state index in [9.17, 15) is 4.79 Å². The summed E-state index contributed by atoms with van der Waals surface area (Å²) in [5.74, 6) is 1.20. The number of Topliss-reactive ketones (excluding diaryl/α,β-unsaturated/α-hetero) is 1. The van der Waals surface area contributed by atoms with Crippen LogP contribution in [-0.2, 0) is 13.0 Å². The lowest BCUT2D eigenvalue weighted by molar-refractivity contribution is 0.0977. The van der Waals surface area contributed by atoms with E-state index in [0.717, 1.165) is 43.8 Å². The molecule has 2 heteroatoms. The second-order valence-electron chi connectivity index (χ2n) is 5.28. The van der Waals surface area contributed by atoms with Crippen LogP contribution in [0.2, 0.25) is 0 Å². The standard InChI is InChI=1S/C15H19NO/c17-15(7-6-11-4-5-11)14-3-1-2-12-10-16-9-8-13(12)14/h1-3,11,16H,4-10H2. The van der Waals surface area contributed by atoms with Crippen LogP contribution in [0.25, 0.3) is 0 Å². The second-order valence-corrected chi connectivity index (χ2v) is 5.28. The lowest BCUT2D eigenvalue weighted by Crippen LogP contribution is -2.25. The molecule has 0 aromatic heterocycles. The van der Waals surface area contributed by atoms with Gasteiger partial charge in [0.15, 0.2) is 5.78 Å². The summed E-state index contributed by atoms with van der Waals surface area (Å²) in [6.07, 6.45) is 5.52. The van der Waals surface area contributed by atoms with Gasteiger partial charge in [-0.05, 0) is 36.4 Å². The highest BCUT2D eigenvalue weighted by Gasteiger charge is 2.23. The summed E-state index contributed by atoms with van der Waals surface area (Å²) in [5.41, 5.74) is 3.60. The molecular formula is C15H19NO. The van der Waals surface area contributed by atoms with Crippen molar-refractivity contribution in [3.05, 3.63) is 34.9 Å². The highest BCUT2D eigenvalue weighted by Crippen LogP contribution is 2.34. The van der Waals surface area contributed by atoms with E-state index < -0.39 is 0 Å². The van der Waals surface area contributed by atoms with Gasteiger partial charge in [0, 0.05) is 18.5 Å². The highest BCUT2D eigenvalue weighted by atomic mass is 16.1. The van der Waals surface area contributed by atoms with Crippen LogP contribution >= 0.6 is 0 Å². The smallest absolute Gasteiger partial charge is 0.163 e. The number of ketones is 1. The van der Waals surface area contributed by atoms with E-state index in [1.54, 1.807) is 0 Å². The van der Waals surface area contributed by atoms with Crippen LogP contribution in [0.5, 0.6) is 0 Å². The Labute approximate surface area is 102 Å². The van der Waals surface area contributed by atoms with Crippen LogP contribution in [0, 0.1) is 5.92 Å². The quantitative estimate of drug-likeness (QED) is 0.804. The van der Waals surface area contributed by atoms with E-state index in [1.807, 2.05) is 12.1 Å². The molecule has 0 unspecified atom stereocenters. The van der Waals surface area contributed by atoms with Crippen LogP contribution in [0.4, 0.5) is 0 Å². The summed E-state index contributed by atoms with van der Waals surface area (Å²) in [5, 5.41) is 3.36. The lowest BCUT2D eigenvalue weighted by Gasteiger charge is -2.19. The first kappa shape index (κ1) is 11.0. The molecule has 1 aliphatic carbocycles. The summed E-state index contributed by atoms with van der Waals surface area (Å²) in [6.45, 7) is 1.92. The maximum absolute atomic E-state index is 12.2. The Kier molecular flexibility index (Phi) is 2.98. The van der Waals surface area contributed by atoms with Gasteiger partial charge in [0.05, 0.1) is 0 Å². The maximum atomic E-state index is 12.2. The minimum atomic E-state index is 0.357. The summed E-state index contributed by atoms with van der Waals surface area (Å²) in [7, 11) is 0. The van der Waals surface area contributed by atoms with Crippen LogP contribution in [0.3, 0.4) is 0 Å². The second kappa shape index (κ2) is 4.61. The molecule has 90 valence electrons. The van der Waals surface area contributed by atoms with Crippen molar-refractivity contribution >= 4 is 5.78 Å². The summed E-state index contributed by atoms with van der Waals surface area (Å²) >= 11 is 0. The summed E-state index contributed by atoms with van der Waals surface area (Å²) in [6, 6.07) is 6.18. The molecule has 1 aromatic carbocycles. The van der Waals surface area contributed by atoms with Crippen molar-refractivity contribution in [3.63, 3.8) is 0 Å². The molecule has 1 saturated carbocycles. The Balaban J connectivity index is 1.78. The van der Waals surface area contributed by atoms with Gasteiger partial charge in [-0.3, -0.25) is 4.79 Å². The fourth-order valence-electron chi connectivity index (χ4n) is 2.67. The van der Waals surface area contributed by atoms with Crippen molar-refractivity contribution in [2.24, 2.45) is 5.92 Å². The van der Waals surface area contributed by atoms with Crippen molar-refractivity contribution in [1.82, 2.24) is 5.32 Å². The van der Waals surface area contributed by atoms with E-state index in [4.69, 9.17) is 0 Å². The van der Waals surface area contributed by atoms with Crippen LogP contribution in [0.15, 0.2) is 18.2 Å². The van der Waals surface area contributed by atoms with Crippen LogP contribution in [-0.4, -0.2) is 12.3 Å². The van der Waals surface area contributed by atoms with Gasteiger partial charge in [0.2, 0.25) is 0 Å². The van der Waals surface area contributed by atoms with Crippen molar-refractivity contribution < 1.29 is 4.79 Å². The molecule has 0 bridgehead atoms. The highest BCUT2D eigenvalue weighted by molar-refractivity contribution is 5.97. The molecule has 1 heterocycles. The number of fused-ring (bicyclic) bond motifs is 1. The van der Waals surface area contributed by atoms with E-state index in [0.29, 0.717) is 5.78 Å². The Morgan fingerprint density at radius 1 is 1.35 bits per heavy atom. The Hall–Kier alpha value is -1.15. The molecule has 3 rings (SSSR count). The number of carbonyl (C=O) groups excluding carboxylic acids is 1. The fourth-order valence-corrected chi connectivity index (χ4v) is 2.67. The Morgan fingerprint density at radius 2 is 2.24 bits per heavy atom. The Bertz CT molecular complexity index is 435. The Morgan fingerprint density at radius 3 is 3.06 bits per heavy atom. The summed E-state index contributed by atoms with van der Waals surface area (Å²) in [4.78, 5) is 12.2. The van der Waals surface area contributed by atoms with E-state index in [1.165, 1.54) is 24.0 Å². The molecular weight excluding hydrogens is 210 g/mol. The normalized spacial score (nSPS) is 18.8. The minimum absolute atomic E-state index is 0.357. The summed E-state index contributed by atoms with van der Waals surface area (Å²) < 4.78 is 0. The minimum Gasteiger partial charge on any atom is -0.312 e. The molecule has 0 atom stereocenters. The molecule has 0 saturated heterocycles. The van der Waals surface area contributed by atoms with E-state index >= 15 is 0 Å². The van der Waals surface area contributed by atoms with E-state index in [2.05, 4.69) is 11.4 Å². The lowest BCUT2D eigenvalue weighted by atomic mass is 9.92. The topological polar surface area (TPSA) is 29.1 Å². The number of nitrogens with one attached hydrogen (secondary N) is 1. The number of rotatable bonds is 4.